The summed E-state index contributed by atoms with van der Waals surface area (Å²) in [5.74, 6) is -1.19. The molecule has 0 aliphatic rings. The predicted octanol–water partition coefficient (Wildman–Crippen LogP) is 3.83. The largest absolute Gasteiger partial charge is 0.445 e. The molecule has 2 unspecified atom stereocenters. The number of nitrogens with one attached hydrogen (secondary N) is 1. The third kappa shape index (κ3) is 5.20. The van der Waals surface area contributed by atoms with Crippen LogP contribution in [0.25, 0.3) is 0 Å². The first kappa shape index (κ1) is 18.2. The maximum Gasteiger partial charge on any atom is 0.408 e. The van der Waals surface area contributed by atoms with Crippen molar-refractivity contribution in [2.75, 3.05) is 6.61 Å². The fraction of sp³-hybridized carbons (Fsp3) is 0.235. The third-order valence-corrected chi connectivity index (χ3v) is 4.93. The van der Waals surface area contributed by atoms with Gasteiger partial charge in [-0.15, -0.1) is 0 Å². The van der Waals surface area contributed by atoms with Gasteiger partial charge >= 0.3 is 13.7 Å². The molecule has 128 valence electrons. The van der Waals surface area contributed by atoms with Crippen LogP contribution in [0.5, 0.6) is 0 Å². The van der Waals surface area contributed by atoms with Crippen molar-refractivity contribution in [2.24, 2.45) is 0 Å². The minimum absolute atomic E-state index is 0.0534. The van der Waals surface area contributed by atoms with Crippen LogP contribution in [0.3, 0.4) is 0 Å². The third-order valence-electron chi connectivity index (χ3n) is 3.22. The van der Waals surface area contributed by atoms with E-state index < -0.39 is 19.5 Å². The Morgan fingerprint density at radius 2 is 1.71 bits per heavy atom. The van der Waals surface area contributed by atoms with Gasteiger partial charge in [-0.3, -0.25) is 4.57 Å². The van der Waals surface area contributed by atoms with Gasteiger partial charge in [0.2, 0.25) is 0 Å². The van der Waals surface area contributed by atoms with Crippen LogP contribution in [0.1, 0.15) is 23.8 Å². The van der Waals surface area contributed by atoms with Crippen LogP contribution in [0, 0.1) is 0 Å². The van der Waals surface area contributed by atoms with Crippen molar-refractivity contribution in [3.63, 3.8) is 0 Å². The Hall–Kier alpha value is -2.14. The number of rotatable bonds is 7. The highest BCUT2D eigenvalue weighted by molar-refractivity contribution is 7.53. The van der Waals surface area contributed by atoms with E-state index >= 15 is 0 Å². The fourth-order valence-corrected chi connectivity index (χ4v) is 3.46. The minimum atomic E-state index is -4.09. The highest BCUT2D eigenvalue weighted by Gasteiger charge is 2.35. The highest BCUT2D eigenvalue weighted by atomic mass is 31.2. The highest BCUT2D eigenvalue weighted by Crippen LogP contribution is 2.54. The smallest absolute Gasteiger partial charge is 0.408 e. The molecule has 0 radical (unpaired) electrons. The molecule has 1 amide bonds. The molecule has 0 aliphatic heterocycles. The Bertz CT molecular complexity index is 693. The number of benzene rings is 2. The second-order valence-electron chi connectivity index (χ2n) is 5.00. The first-order valence-corrected chi connectivity index (χ1v) is 9.17. The monoisotopic (exact) mass is 349 g/mol. The zero-order valence-corrected chi connectivity index (χ0v) is 14.2. The van der Waals surface area contributed by atoms with Crippen molar-refractivity contribution in [2.45, 2.75) is 19.3 Å². The average Bonchev–Trinajstić information content (AvgIpc) is 2.59. The molecule has 24 heavy (non-hydrogen) atoms. The van der Waals surface area contributed by atoms with E-state index in [1.165, 1.54) is 0 Å². The predicted molar refractivity (Wildman–Crippen MR) is 90.4 cm³/mol. The molecular weight excluding hydrogens is 329 g/mol. The standard InChI is InChI=1S/C17H20NO5P/c1-2-23-24(20,21)16(15-11-7-4-8-12-15)18-17(19)22-13-14-9-5-3-6-10-14/h3-12,16H,2,13H2,1H3,(H,18,19)(H,20,21). The van der Waals surface area contributed by atoms with Gasteiger partial charge in [-0.25, -0.2) is 4.79 Å². The van der Waals surface area contributed by atoms with E-state index in [4.69, 9.17) is 9.26 Å². The lowest BCUT2D eigenvalue weighted by atomic mass is 10.2. The van der Waals surface area contributed by atoms with Gasteiger partial charge in [0, 0.05) is 0 Å². The van der Waals surface area contributed by atoms with Gasteiger partial charge < -0.3 is 19.5 Å². The summed E-state index contributed by atoms with van der Waals surface area (Å²) in [5.41, 5.74) is 1.29. The van der Waals surface area contributed by atoms with Crippen LogP contribution in [-0.2, 0) is 20.4 Å². The van der Waals surface area contributed by atoms with E-state index in [9.17, 15) is 14.3 Å². The van der Waals surface area contributed by atoms with Crippen molar-refractivity contribution in [1.82, 2.24) is 5.32 Å². The Balaban J connectivity index is 2.07. The fourth-order valence-electron chi connectivity index (χ4n) is 2.12. The molecule has 2 atom stereocenters. The topological polar surface area (TPSA) is 84.9 Å². The van der Waals surface area contributed by atoms with Crippen LogP contribution < -0.4 is 5.32 Å². The summed E-state index contributed by atoms with van der Waals surface area (Å²) in [5, 5.41) is 2.43. The van der Waals surface area contributed by atoms with E-state index in [1.54, 1.807) is 37.3 Å². The summed E-state index contributed by atoms with van der Waals surface area (Å²) in [7, 11) is -4.09. The average molecular weight is 349 g/mol. The number of hydrogen-bond donors (Lipinski definition) is 2. The molecule has 0 bridgehead atoms. The van der Waals surface area contributed by atoms with Gasteiger partial charge in [-0.1, -0.05) is 60.7 Å². The van der Waals surface area contributed by atoms with Crippen LogP contribution in [0.4, 0.5) is 4.79 Å². The maximum atomic E-state index is 12.4. The lowest BCUT2D eigenvalue weighted by molar-refractivity contribution is 0.136. The summed E-state index contributed by atoms with van der Waals surface area (Å²) in [6, 6.07) is 17.7. The Kier molecular flexibility index (Phi) is 6.55. The van der Waals surface area contributed by atoms with Crippen LogP contribution in [0.15, 0.2) is 60.7 Å². The van der Waals surface area contributed by atoms with Crippen molar-refractivity contribution in [3.05, 3.63) is 71.8 Å². The van der Waals surface area contributed by atoms with Gasteiger partial charge in [0.05, 0.1) is 6.61 Å². The number of alkyl carbamates (subject to hydrolysis) is 1. The number of ether oxygens (including phenoxy) is 1. The number of hydrogen-bond acceptors (Lipinski definition) is 4. The lowest BCUT2D eigenvalue weighted by Gasteiger charge is -2.23. The molecule has 2 rings (SSSR count). The molecule has 2 N–H and O–H groups in total. The first-order chi connectivity index (χ1) is 11.5. The Morgan fingerprint density at radius 3 is 2.29 bits per heavy atom. The van der Waals surface area contributed by atoms with Crippen molar-refractivity contribution < 1.29 is 23.5 Å². The minimum Gasteiger partial charge on any atom is -0.445 e. The zero-order chi connectivity index (χ0) is 17.4. The van der Waals surface area contributed by atoms with Crippen molar-refractivity contribution in [1.29, 1.82) is 0 Å². The summed E-state index contributed by atoms with van der Waals surface area (Å²) >= 11 is 0. The molecule has 0 fully saturated rings. The molecule has 7 heteroatoms. The summed E-state index contributed by atoms with van der Waals surface area (Å²) in [6.07, 6.45) is -0.790. The molecule has 0 saturated heterocycles. The molecule has 2 aromatic carbocycles. The van der Waals surface area contributed by atoms with Gasteiger partial charge in [-0.05, 0) is 18.1 Å². The normalized spacial score (nSPS) is 14.4. The second kappa shape index (κ2) is 8.64. The molecule has 0 aromatic heterocycles. The van der Waals surface area contributed by atoms with E-state index in [1.807, 2.05) is 30.3 Å². The van der Waals surface area contributed by atoms with E-state index in [0.29, 0.717) is 5.56 Å². The van der Waals surface area contributed by atoms with E-state index in [0.717, 1.165) is 5.56 Å². The van der Waals surface area contributed by atoms with Gasteiger partial charge in [0.25, 0.3) is 0 Å². The SMILES string of the molecule is CCOP(=O)(O)C(NC(=O)OCc1ccccc1)c1ccccc1. The molecule has 0 spiro atoms. The second-order valence-corrected chi connectivity index (χ2v) is 6.90. The van der Waals surface area contributed by atoms with Gasteiger partial charge in [0.1, 0.15) is 6.61 Å². The first-order valence-electron chi connectivity index (χ1n) is 7.52. The molecular formula is C17H20NO5P. The molecule has 0 heterocycles. The summed E-state index contributed by atoms with van der Waals surface area (Å²) in [4.78, 5) is 22.2. The van der Waals surface area contributed by atoms with E-state index in [2.05, 4.69) is 5.32 Å². The zero-order valence-electron chi connectivity index (χ0n) is 13.3. The van der Waals surface area contributed by atoms with Crippen molar-refractivity contribution >= 4 is 13.7 Å². The Labute approximate surface area is 141 Å². The number of carbonyl (C=O) groups is 1. The molecule has 0 aliphatic carbocycles. The molecule has 0 saturated carbocycles. The number of carbonyl (C=O) groups excluding carboxylic acids is 1. The van der Waals surface area contributed by atoms with Crippen LogP contribution in [0.2, 0.25) is 0 Å². The van der Waals surface area contributed by atoms with Crippen LogP contribution in [-0.4, -0.2) is 17.6 Å². The molecule has 6 nitrogen and oxygen atoms in total. The maximum absolute atomic E-state index is 12.4. The number of amides is 1. The quantitative estimate of drug-likeness (QED) is 0.742. The van der Waals surface area contributed by atoms with Gasteiger partial charge in [0.15, 0.2) is 5.78 Å². The van der Waals surface area contributed by atoms with E-state index in [-0.39, 0.29) is 13.2 Å². The molecule has 2 aromatic rings. The Morgan fingerprint density at radius 1 is 1.12 bits per heavy atom. The lowest BCUT2D eigenvalue weighted by Crippen LogP contribution is -2.29. The van der Waals surface area contributed by atoms with Crippen LogP contribution >= 0.6 is 7.60 Å². The van der Waals surface area contributed by atoms with Gasteiger partial charge in [-0.2, -0.15) is 0 Å². The summed E-state index contributed by atoms with van der Waals surface area (Å²) < 4.78 is 22.5. The van der Waals surface area contributed by atoms with Crippen molar-refractivity contribution in [3.8, 4) is 0 Å². The summed E-state index contributed by atoms with van der Waals surface area (Å²) in [6.45, 7) is 1.73.